The molecule has 1 saturated carbocycles. The number of unbranched alkanes of at least 4 members (excludes halogenated alkanes) is 1. The van der Waals surface area contributed by atoms with Crippen molar-refractivity contribution in [2.45, 2.75) is 52.4 Å². The average Bonchev–Trinajstić information content (AvgIpc) is 1.88. The van der Waals surface area contributed by atoms with Gasteiger partial charge < -0.3 is 0 Å². The van der Waals surface area contributed by atoms with Gasteiger partial charge in [0.05, 0.1) is 0 Å². The second-order valence-corrected chi connectivity index (χ2v) is 3.65. The minimum atomic E-state index is 1.10. The van der Waals surface area contributed by atoms with E-state index in [9.17, 15) is 0 Å². The molecule has 0 spiro atoms. The van der Waals surface area contributed by atoms with Crippen molar-refractivity contribution in [3.63, 3.8) is 0 Å². The van der Waals surface area contributed by atoms with Gasteiger partial charge in [-0.2, -0.15) is 0 Å². The van der Waals surface area contributed by atoms with Gasteiger partial charge in [0.1, 0.15) is 0 Å². The molecule has 0 heterocycles. The molecule has 0 saturated heterocycles. The maximum Gasteiger partial charge on any atom is -0.0386 e. The predicted molar refractivity (Wildman–Crippen MR) is 46.0 cm³/mol. The van der Waals surface area contributed by atoms with Crippen LogP contribution in [0.1, 0.15) is 52.4 Å². The standard InChI is InChI=1S/C10H20/c1-3-5-6-10-8-7-9(10)4-2/h9-10H,3-8H2,1-2H3. The minimum absolute atomic E-state index is 1.10. The van der Waals surface area contributed by atoms with Gasteiger partial charge in [-0.25, -0.2) is 0 Å². The van der Waals surface area contributed by atoms with Crippen molar-refractivity contribution >= 4 is 0 Å². The van der Waals surface area contributed by atoms with Crippen LogP contribution in [0.5, 0.6) is 0 Å². The van der Waals surface area contributed by atoms with Crippen molar-refractivity contribution in [3.8, 4) is 0 Å². The monoisotopic (exact) mass is 140 g/mol. The summed E-state index contributed by atoms with van der Waals surface area (Å²) in [6.45, 7) is 4.63. The molecule has 0 nitrogen and oxygen atoms in total. The summed E-state index contributed by atoms with van der Waals surface area (Å²) >= 11 is 0. The van der Waals surface area contributed by atoms with Crippen LogP contribution in [-0.2, 0) is 0 Å². The molecular formula is C10H20. The van der Waals surface area contributed by atoms with E-state index < -0.39 is 0 Å². The maximum absolute atomic E-state index is 2.34. The summed E-state index contributed by atoms with van der Waals surface area (Å²) in [5.41, 5.74) is 0. The lowest BCUT2D eigenvalue weighted by Gasteiger charge is -2.36. The van der Waals surface area contributed by atoms with Crippen molar-refractivity contribution in [2.24, 2.45) is 11.8 Å². The number of hydrogen-bond acceptors (Lipinski definition) is 0. The summed E-state index contributed by atoms with van der Waals surface area (Å²) in [6.07, 6.45) is 8.82. The molecule has 0 bridgehead atoms. The molecule has 0 aliphatic heterocycles. The molecule has 2 atom stereocenters. The Hall–Kier alpha value is 0. The second-order valence-electron chi connectivity index (χ2n) is 3.65. The van der Waals surface area contributed by atoms with E-state index >= 15 is 0 Å². The zero-order valence-electron chi connectivity index (χ0n) is 7.40. The maximum atomic E-state index is 2.34. The second kappa shape index (κ2) is 4.00. The number of rotatable bonds is 4. The van der Waals surface area contributed by atoms with Crippen molar-refractivity contribution in [1.29, 1.82) is 0 Å². The van der Waals surface area contributed by atoms with Crippen LogP contribution in [0.15, 0.2) is 0 Å². The smallest absolute Gasteiger partial charge is 0.0386 e. The van der Waals surface area contributed by atoms with Gasteiger partial charge in [-0.15, -0.1) is 0 Å². The fourth-order valence-electron chi connectivity index (χ4n) is 2.02. The summed E-state index contributed by atoms with van der Waals surface area (Å²) in [4.78, 5) is 0. The van der Waals surface area contributed by atoms with Gasteiger partial charge in [0.25, 0.3) is 0 Å². The first kappa shape index (κ1) is 8.10. The Kier molecular flexibility index (Phi) is 3.24. The molecule has 0 radical (unpaired) electrons. The zero-order chi connectivity index (χ0) is 7.40. The fourth-order valence-corrected chi connectivity index (χ4v) is 2.02. The molecule has 0 aromatic heterocycles. The van der Waals surface area contributed by atoms with Gasteiger partial charge in [0.2, 0.25) is 0 Å². The highest BCUT2D eigenvalue weighted by atomic mass is 14.3. The Labute approximate surface area is 65.0 Å². The topological polar surface area (TPSA) is 0 Å². The highest BCUT2D eigenvalue weighted by Gasteiger charge is 2.27. The predicted octanol–water partition coefficient (Wildman–Crippen LogP) is 3.61. The van der Waals surface area contributed by atoms with Gasteiger partial charge in [-0.05, 0) is 24.7 Å². The van der Waals surface area contributed by atoms with E-state index in [0.717, 1.165) is 11.8 Å². The molecule has 1 rings (SSSR count). The Morgan fingerprint density at radius 3 is 2.20 bits per heavy atom. The van der Waals surface area contributed by atoms with Gasteiger partial charge >= 0.3 is 0 Å². The van der Waals surface area contributed by atoms with Crippen LogP contribution in [0.2, 0.25) is 0 Å². The molecule has 0 amide bonds. The first-order chi connectivity index (χ1) is 4.88. The minimum Gasteiger partial charge on any atom is -0.0654 e. The van der Waals surface area contributed by atoms with Gasteiger partial charge in [0.15, 0.2) is 0 Å². The molecule has 1 aliphatic carbocycles. The highest BCUT2D eigenvalue weighted by Crippen LogP contribution is 2.39. The first-order valence-corrected chi connectivity index (χ1v) is 4.88. The normalized spacial score (nSPS) is 31.8. The first-order valence-electron chi connectivity index (χ1n) is 4.88. The van der Waals surface area contributed by atoms with Crippen molar-refractivity contribution < 1.29 is 0 Å². The molecule has 0 heteroatoms. The van der Waals surface area contributed by atoms with Crippen LogP contribution < -0.4 is 0 Å². The summed E-state index contributed by atoms with van der Waals surface area (Å²) < 4.78 is 0. The summed E-state index contributed by atoms with van der Waals surface area (Å²) in [6, 6.07) is 0. The summed E-state index contributed by atoms with van der Waals surface area (Å²) in [7, 11) is 0. The Morgan fingerprint density at radius 2 is 1.80 bits per heavy atom. The highest BCUT2D eigenvalue weighted by molar-refractivity contribution is 4.79. The molecule has 1 fully saturated rings. The third-order valence-corrected chi connectivity index (χ3v) is 3.03. The molecule has 0 aromatic rings. The molecule has 1 aliphatic rings. The lowest BCUT2D eigenvalue weighted by molar-refractivity contribution is 0.155. The SMILES string of the molecule is CCCCC1CCC1CC. The largest absolute Gasteiger partial charge is 0.0654 e. The van der Waals surface area contributed by atoms with E-state index in [0.29, 0.717) is 0 Å². The van der Waals surface area contributed by atoms with Crippen LogP contribution in [0.25, 0.3) is 0 Å². The van der Waals surface area contributed by atoms with E-state index in [1.54, 1.807) is 0 Å². The van der Waals surface area contributed by atoms with E-state index in [-0.39, 0.29) is 0 Å². The lowest BCUT2D eigenvalue weighted by Crippen LogP contribution is -2.24. The molecular weight excluding hydrogens is 120 g/mol. The van der Waals surface area contributed by atoms with E-state index in [2.05, 4.69) is 13.8 Å². The van der Waals surface area contributed by atoms with Crippen molar-refractivity contribution in [3.05, 3.63) is 0 Å². The van der Waals surface area contributed by atoms with E-state index in [1.165, 1.54) is 38.5 Å². The quantitative estimate of drug-likeness (QED) is 0.559. The van der Waals surface area contributed by atoms with Gasteiger partial charge in [-0.1, -0.05) is 39.5 Å². The number of hydrogen-bond donors (Lipinski definition) is 0. The summed E-state index contributed by atoms with van der Waals surface area (Å²) in [5.74, 6) is 2.22. The van der Waals surface area contributed by atoms with Gasteiger partial charge in [-0.3, -0.25) is 0 Å². The lowest BCUT2D eigenvalue weighted by atomic mass is 9.70. The van der Waals surface area contributed by atoms with E-state index in [1.807, 2.05) is 0 Å². The zero-order valence-corrected chi connectivity index (χ0v) is 7.40. The Balaban J connectivity index is 2.05. The average molecular weight is 140 g/mol. The molecule has 0 N–H and O–H groups in total. The van der Waals surface area contributed by atoms with Gasteiger partial charge in [0, 0.05) is 0 Å². The van der Waals surface area contributed by atoms with Crippen molar-refractivity contribution in [1.82, 2.24) is 0 Å². The molecule has 10 heavy (non-hydrogen) atoms. The van der Waals surface area contributed by atoms with Crippen LogP contribution in [0, 0.1) is 11.8 Å². The molecule has 2 unspecified atom stereocenters. The fraction of sp³-hybridized carbons (Fsp3) is 1.00. The van der Waals surface area contributed by atoms with Crippen LogP contribution in [-0.4, -0.2) is 0 Å². The van der Waals surface area contributed by atoms with Crippen molar-refractivity contribution in [2.75, 3.05) is 0 Å². The van der Waals surface area contributed by atoms with Crippen LogP contribution >= 0.6 is 0 Å². The van der Waals surface area contributed by atoms with Crippen LogP contribution in [0.3, 0.4) is 0 Å². The Bertz CT molecular complexity index is 84.0. The third kappa shape index (κ3) is 1.74. The summed E-state index contributed by atoms with van der Waals surface area (Å²) in [5, 5.41) is 0. The Morgan fingerprint density at radius 1 is 1.10 bits per heavy atom. The van der Waals surface area contributed by atoms with E-state index in [4.69, 9.17) is 0 Å². The third-order valence-electron chi connectivity index (χ3n) is 3.03. The molecule has 60 valence electrons. The van der Waals surface area contributed by atoms with Crippen LogP contribution in [0.4, 0.5) is 0 Å². The molecule has 0 aromatic carbocycles.